The number of nitrogens with zero attached hydrogens (tertiary/aromatic N) is 1. The Bertz CT molecular complexity index is 1180. The van der Waals surface area contributed by atoms with Gasteiger partial charge in [0.05, 0.1) is 26.0 Å². The van der Waals surface area contributed by atoms with Gasteiger partial charge >= 0.3 is 11.9 Å². The molecule has 12 nitrogen and oxygen atoms in total. The van der Waals surface area contributed by atoms with E-state index in [0.29, 0.717) is 11.7 Å². The number of esters is 2. The third-order valence-electron chi connectivity index (χ3n) is 5.46. The Labute approximate surface area is 232 Å². The summed E-state index contributed by atoms with van der Waals surface area (Å²) in [7, 11) is 0. The van der Waals surface area contributed by atoms with Crippen LogP contribution >= 0.6 is 0 Å². The Morgan fingerprint density at radius 2 is 1.70 bits per heavy atom. The summed E-state index contributed by atoms with van der Waals surface area (Å²) in [4.78, 5) is 65.9. The zero-order valence-electron chi connectivity index (χ0n) is 23.1. The zero-order valence-corrected chi connectivity index (χ0v) is 23.1. The maximum Gasteiger partial charge on any atom is 0.328 e. The van der Waals surface area contributed by atoms with Crippen LogP contribution in [-0.4, -0.2) is 66.5 Å². The normalized spacial score (nSPS) is 12.4. The smallest absolute Gasteiger partial charge is 0.328 e. The predicted molar refractivity (Wildman–Crippen MR) is 145 cm³/mol. The van der Waals surface area contributed by atoms with Crippen molar-refractivity contribution in [2.45, 2.75) is 52.6 Å². The van der Waals surface area contributed by atoms with Crippen molar-refractivity contribution in [2.75, 3.05) is 19.8 Å². The number of carbonyl (C=O) groups is 5. The first-order valence-electron chi connectivity index (χ1n) is 13.0. The molecule has 0 saturated heterocycles. The van der Waals surface area contributed by atoms with Crippen LogP contribution in [0.1, 0.15) is 46.3 Å². The molecule has 0 radical (unpaired) electrons. The molecule has 0 fully saturated rings. The molecule has 1 aromatic carbocycles. The van der Waals surface area contributed by atoms with Crippen LogP contribution < -0.4 is 16.0 Å². The molecule has 3 amide bonds. The van der Waals surface area contributed by atoms with Gasteiger partial charge in [0.2, 0.25) is 23.6 Å². The second kappa shape index (κ2) is 16.5. The van der Waals surface area contributed by atoms with Crippen LogP contribution in [0, 0.1) is 5.92 Å². The summed E-state index contributed by atoms with van der Waals surface area (Å²) in [5.74, 6) is -2.59. The van der Waals surface area contributed by atoms with Crippen LogP contribution in [0.5, 0.6) is 0 Å². The van der Waals surface area contributed by atoms with E-state index in [9.17, 15) is 24.0 Å². The van der Waals surface area contributed by atoms with E-state index in [2.05, 4.69) is 20.9 Å². The highest BCUT2D eigenvalue weighted by Gasteiger charge is 2.30. The lowest BCUT2D eigenvalue weighted by molar-refractivity contribution is -0.149. The van der Waals surface area contributed by atoms with E-state index in [1.54, 1.807) is 27.7 Å². The molecule has 0 aliphatic heterocycles. The van der Waals surface area contributed by atoms with Gasteiger partial charge in [-0.2, -0.15) is 0 Å². The van der Waals surface area contributed by atoms with E-state index in [-0.39, 0.29) is 32.0 Å². The molecule has 216 valence electrons. The summed E-state index contributed by atoms with van der Waals surface area (Å²) in [5.41, 5.74) is 0.791. The highest BCUT2D eigenvalue weighted by molar-refractivity contribution is 5.95. The Hall–Kier alpha value is -4.48. The van der Waals surface area contributed by atoms with Crippen LogP contribution in [0.2, 0.25) is 0 Å². The van der Waals surface area contributed by atoms with E-state index in [0.717, 1.165) is 5.56 Å². The van der Waals surface area contributed by atoms with Gasteiger partial charge in [0, 0.05) is 18.1 Å². The number of hydrogen-bond acceptors (Lipinski definition) is 9. The molecular weight excluding hydrogens is 520 g/mol. The Kier molecular flexibility index (Phi) is 13.1. The molecule has 1 heterocycles. The number of oxazole rings is 1. The largest absolute Gasteiger partial charge is 0.466 e. The lowest BCUT2D eigenvalue weighted by Crippen LogP contribution is -2.55. The number of nitrogens with one attached hydrogen (secondary N) is 3. The van der Waals surface area contributed by atoms with Crippen LogP contribution in [0.25, 0.3) is 17.5 Å². The van der Waals surface area contributed by atoms with Crippen LogP contribution in [-0.2, 0) is 33.4 Å². The fourth-order valence-electron chi connectivity index (χ4n) is 3.47. The van der Waals surface area contributed by atoms with Gasteiger partial charge in [-0.15, -0.1) is 0 Å². The van der Waals surface area contributed by atoms with Crippen LogP contribution in [0.15, 0.2) is 47.0 Å². The second-order valence-electron chi connectivity index (χ2n) is 8.93. The first-order chi connectivity index (χ1) is 19.1. The number of carbonyl (C=O) groups excluding carboxylic acids is 5. The monoisotopic (exact) mass is 556 g/mol. The third-order valence-corrected chi connectivity index (χ3v) is 5.46. The molecule has 2 atom stereocenters. The molecule has 3 N–H and O–H groups in total. The molecular formula is C28H36N4O8. The number of benzene rings is 1. The number of amides is 3. The average Bonchev–Trinajstić information content (AvgIpc) is 3.41. The van der Waals surface area contributed by atoms with Gasteiger partial charge in [0.15, 0.2) is 0 Å². The topological polar surface area (TPSA) is 166 Å². The summed E-state index contributed by atoms with van der Waals surface area (Å²) >= 11 is 0. The highest BCUT2D eigenvalue weighted by atomic mass is 16.5. The maximum atomic E-state index is 12.9. The minimum Gasteiger partial charge on any atom is -0.466 e. The van der Waals surface area contributed by atoms with Crippen LogP contribution in [0.3, 0.4) is 0 Å². The maximum absolute atomic E-state index is 12.9. The molecule has 1 aromatic heterocycles. The van der Waals surface area contributed by atoms with Crippen molar-refractivity contribution in [3.05, 3.63) is 48.4 Å². The van der Waals surface area contributed by atoms with E-state index in [1.165, 1.54) is 18.3 Å². The molecule has 2 aromatic rings. The van der Waals surface area contributed by atoms with Gasteiger partial charge in [-0.3, -0.25) is 19.2 Å². The summed E-state index contributed by atoms with van der Waals surface area (Å²) in [6, 6.07) is 7.16. The number of aromatic nitrogens is 1. The van der Waals surface area contributed by atoms with Crippen molar-refractivity contribution in [1.82, 2.24) is 20.9 Å². The van der Waals surface area contributed by atoms with Gasteiger partial charge in [-0.05, 0) is 44.4 Å². The van der Waals surface area contributed by atoms with Crippen LogP contribution in [0.4, 0.5) is 0 Å². The number of hydrogen-bond donors (Lipinski definition) is 3. The van der Waals surface area contributed by atoms with E-state index < -0.39 is 48.3 Å². The summed E-state index contributed by atoms with van der Waals surface area (Å²) in [6.45, 7) is 6.60. The van der Waals surface area contributed by atoms with E-state index >= 15 is 0 Å². The van der Waals surface area contributed by atoms with Gasteiger partial charge in [0.25, 0.3) is 0 Å². The average molecular weight is 557 g/mol. The lowest BCUT2D eigenvalue weighted by Gasteiger charge is -2.24. The van der Waals surface area contributed by atoms with Crippen molar-refractivity contribution in [3.63, 3.8) is 0 Å². The SMILES string of the molecule is CCOC(=O)CC[C@@H](NC(=O)[C@@H](NC(=O)CNC(=O)/C=C/c1cnc(-c2ccccc2)o1)C(C)C)C(=O)OCC. The Balaban J connectivity index is 1.90. The van der Waals surface area contributed by atoms with Crippen molar-refractivity contribution < 1.29 is 37.9 Å². The van der Waals surface area contributed by atoms with Crippen molar-refractivity contribution in [3.8, 4) is 11.5 Å². The molecule has 2 rings (SSSR count). The fraction of sp³-hybridized carbons (Fsp3) is 0.429. The molecule has 0 unspecified atom stereocenters. The van der Waals surface area contributed by atoms with Gasteiger partial charge in [-0.1, -0.05) is 32.0 Å². The number of ether oxygens (including phenoxy) is 2. The minimum atomic E-state index is -1.10. The molecule has 0 spiro atoms. The van der Waals surface area contributed by atoms with Crippen molar-refractivity contribution >= 4 is 35.7 Å². The third kappa shape index (κ3) is 10.7. The summed E-state index contributed by atoms with van der Waals surface area (Å²) < 4.78 is 15.5. The second-order valence-corrected chi connectivity index (χ2v) is 8.93. The van der Waals surface area contributed by atoms with E-state index in [1.807, 2.05) is 30.3 Å². The number of rotatable bonds is 15. The predicted octanol–water partition coefficient (Wildman–Crippen LogP) is 2.00. The molecule has 40 heavy (non-hydrogen) atoms. The molecule has 0 aliphatic rings. The zero-order chi connectivity index (χ0) is 29.5. The van der Waals surface area contributed by atoms with Gasteiger partial charge < -0.3 is 29.8 Å². The standard InChI is InChI=1S/C28H36N4O8/c1-5-38-24(35)15-13-21(28(37)39-6-2)31-26(36)25(18(3)4)32-23(34)17-29-22(33)14-12-20-16-30-27(40-20)19-10-8-7-9-11-19/h7-12,14,16,18,21,25H,5-6,13,15,17H2,1-4H3,(H,29,33)(H,31,36)(H,32,34)/b14-12+/t21-,25+/m1/s1. The van der Waals surface area contributed by atoms with E-state index in [4.69, 9.17) is 13.9 Å². The molecule has 0 bridgehead atoms. The van der Waals surface area contributed by atoms with Crippen molar-refractivity contribution in [2.24, 2.45) is 5.92 Å². The molecule has 12 heteroatoms. The Morgan fingerprint density at radius 1 is 1.00 bits per heavy atom. The lowest BCUT2D eigenvalue weighted by atomic mass is 10.0. The Morgan fingerprint density at radius 3 is 2.35 bits per heavy atom. The summed E-state index contributed by atoms with van der Waals surface area (Å²) in [6.07, 6.45) is 3.96. The minimum absolute atomic E-state index is 0.0252. The molecule has 0 saturated carbocycles. The van der Waals surface area contributed by atoms with Crippen molar-refractivity contribution in [1.29, 1.82) is 0 Å². The summed E-state index contributed by atoms with van der Waals surface area (Å²) in [5, 5.41) is 7.56. The van der Waals surface area contributed by atoms with Gasteiger partial charge in [0.1, 0.15) is 17.8 Å². The highest BCUT2D eigenvalue weighted by Crippen LogP contribution is 2.19. The molecule has 0 aliphatic carbocycles. The quantitative estimate of drug-likeness (QED) is 0.220. The first-order valence-corrected chi connectivity index (χ1v) is 13.0. The first kappa shape index (κ1) is 31.7. The fourth-order valence-corrected chi connectivity index (χ4v) is 3.47. The van der Waals surface area contributed by atoms with Gasteiger partial charge in [-0.25, -0.2) is 9.78 Å².